The van der Waals surface area contributed by atoms with Gasteiger partial charge in [-0.05, 0) is 18.2 Å². The van der Waals surface area contributed by atoms with Gasteiger partial charge in [-0.1, -0.05) is 82.3 Å². The quantitative estimate of drug-likeness (QED) is 0.403. The largest absolute Gasteiger partial charge is 0.361 e. The molecule has 0 saturated heterocycles. The Bertz CT molecular complexity index is 486. The molecule has 1 N–H and O–H groups in total. The summed E-state index contributed by atoms with van der Waals surface area (Å²) in [5.41, 5.74) is 0.727. The van der Waals surface area contributed by atoms with Gasteiger partial charge in [0.05, 0.1) is 5.38 Å². The summed E-state index contributed by atoms with van der Waals surface area (Å²) < 4.78 is -3.38. The maximum atomic E-state index is 6.46. The molecule has 2 unspecified atom stereocenters. The number of rotatable bonds is 2. The van der Waals surface area contributed by atoms with Gasteiger partial charge in [-0.15, -0.1) is 11.6 Å². The Kier molecular flexibility index (Phi) is 4.48. The monoisotopic (exact) mass is 377 g/mol. The highest BCUT2D eigenvalue weighted by molar-refractivity contribution is 6.67. The minimum absolute atomic E-state index is 0.727. The van der Waals surface area contributed by atoms with E-state index in [2.05, 4.69) is 5.32 Å². The summed E-state index contributed by atoms with van der Waals surface area (Å²) >= 11 is 37.4. The molecule has 2 rings (SSSR count). The Labute approximate surface area is 141 Å². The van der Waals surface area contributed by atoms with Crippen LogP contribution in [0.25, 0.3) is 0 Å². The number of para-hydroxylation sites is 1. The van der Waals surface area contributed by atoms with Crippen molar-refractivity contribution in [1.82, 2.24) is 0 Å². The first-order valence-corrected chi connectivity index (χ1v) is 7.64. The normalized spacial score (nSPS) is 32.0. The summed E-state index contributed by atoms with van der Waals surface area (Å²) in [5.74, 6) is 0. The molecule has 0 fully saturated rings. The molecule has 0 spiro atoms. The van der Waals surface area contributed by atoms with Gasteiger partial charge in [0, 0.05) is 5.69 Å². The van der Waals surface area contributed by atoms with Crippen LogP contribution in [0.5, 0.6) is 0 Å². The highest BCUT2D eigenvalue weighted by Gasteiger charge is 2.64. The van der Waals surface area contributed by atoms with Gasteiger partial charge < -0.3 is 5.32 Å². The third kappa shape index (κ3) is 2.66. The second kappa shape index (κ2) is 5.36. The molecule has 19 heavy (non-hydrogen) atoms. The lowest BCUT2D eigenvalue weighted by Gasteiger charge is -2.47. The van der Waals surface area contributed by atoms with E-state index in [0.29, 0.717) is 0 Å². The molecule has 1 aromatic rings. The SMILES string of the molecule is ClC1C=CC(Cl)(Nc2ccccc2)C(Cl)(Cl)C1(Cl)Cl. The number of allylic oxidation sites excluding steroid dienone is 1. The summed E-state index contributed by atoms with van der Waals surface area (Å²) in [6, 6.07) is 9.20. The van der Waals surface area contributed by atoms with Crippen molar-refractivity contribution < 1.29 is 0 Å². The van der Waals surface area contributed by atoms with Crippen molar-refractivity contribution in [2.45, 2.75) is 19.0 Å². The smallest absolute Gasteiger partial charge is 0.193 e. The average molecular weight is 380 g/mol. The Hall–Kier alpha value is 0.500. The molecule has 1 nitrogen and oxygen atoms in total. The van der Waals surface area contributed by atoms with Crippen molar-refractivity contribution in [3.05, 3.63) is 42.5 Å². The van der Waals surface area contributed by atoms with E-state index in [1.807, 2.05) is 30.3 Å². The lowest BCUT2D eigenvalue weighted by atomic mass is 9.98. The van der Waals surface area contributed by atoms with Crippen LogP contribution >= 0.6 is 69.6 Å². The maximum Gasteiger partial charge on any atom is 0.193 e. The second-order valence-electron chi connectivity index (χ2n) is 4.16. The number of alkyl halides is 6. The molecular weight excluding hydrogens is 371 g/mol. The van der Waals surface area contributed by atoms with Gasteiger partial charge >= 0.3 is 0 Å². The molecule has 0 amide bonds. The lowest BCUT2D eigenvalue weighted by Crippen LogP contribution is -2.61. The third-order valence-corrected chi connectivity index (χ3v) is 6.83. The first kappa shape index (κ1) is 15.9. The van der Waals surface area contributed by atoms with Crippen LogP contribution in [0.4, 0.5) is 5.69 Å². The molecule has 0 aromatic heterocycles. The van der Waals surface area contributed by atoms with Crippen LogP contribution in [0, 0.1) is 0 Å². The van der Waals surface area contributed by atoms with E-state index in [1.165, 1.54) is 0 Å². The molecule has 2 atom stereocenters. The number of halogens is 6. The fourth-order valence-corrected chi connectivity index (χ4v) is 3.38. The molecule has 0 heterocycles. The van der Waals surface area contributed by atoms with E-state index >= 15 is 0 Å². The summed E-state index contributed by atoms with van der Waals surface area (Å²) in [4.78, 5) is -1.38. The molecule has 0 radical (unpaired) electrons. The van der Waals surface area contributed by atoms with Crippen LogP contribution in [0.2, 0.25) is 0 Å². The van der Waals surface area contributed by atoms with Gasteiger partial charge in [-0.25, -0.2) is 0 Å². The molecule has 104 valence electrons. The zero-order valence-electron chi connectivity index (χ0n) is 9.39. The fraction of sp³-hybridized carbons (Fsp3) is 0.333. The minimum atomic E-state index is -1.73. The van der Waals surface area contributed by atoms with Crippen molar-refractivity contribution in [2.75, 3.05) is 5.32 Å². The van der Waals surface area contributed by atoms with Gasteiger partial charge in [0.1, 0.15) is 0 Å². The predicted octanol–water partition coefficient (Wildman–Crippen LogP) is 5.56. The number of nitrogens with one attached hydrogen (secondary N) is 1. The predicted molar refractivity (Wildman–Crippen MR) is 86.3 cm³/mol. The Morgan fingerprint density at radius 2 is 1.53 bits per heavy atom. The van der Waals surface area contributed by atoms with Crippen LogP contribution in [-0.4, -0.2) is 19.0 Å². The molecule has 0 aliphatic heterocycles. The molecule has 1 aliphatic rings. The average Bonchev–Trinajstić information content (AvgIpc) is 2.35. The van der Waals surface area contributed by atoms with Gasteiger partial charge in [-0.3, -0.25) is 0 Å². The summed E-state index contributed by atoms with van der Waals surface area (Å²) in [7, 11) is 0. The number of benzene rings is 1. The number of hydrogen-bond donors (Lipinski definition) is 1. The number of anilines is 1. The summed E-state index contributed by atoms with van der Waals surface area (Å²) in [5, 5.41) is 2.26. The molecule has 0 saturated carbocycles. The van der Waals surface area contributed by atoms with Gasteiger partial charge in [0.2, 0.25) is 0 Å². The second-order valence-corrected chi connectivity index (χ2v) is 7.94. The van der Waals surface area contributed by atoms with Crippen molar-refractivity contribution in [3.63, 3.8) is 0 Å². The first-order valence-electron chi connectivity index (χ1n) is 5.32. The Morgan fingerprint density at radius 1 is 0.947 bits per heavy atom. The van der Waals surface area contributed by atoms with Crippen LogP contribution < -0.4 is 5.32 Å². The van der Waals surface area contributed by atoms with E-state index in [9.17, 15) is 0 Å². The highest BCUT2D eigenvalue weighted by Crippen LogP contribution is 2.58. The molecule has 1 aliphatic carbocycles. The van der Waals surface area contributed by atoms with E-state index in [4.69, 9.17) is 69.6 Å². The van der Waals surface area contributed by atoms with Crippen LogP contribution in [0.1, 0.15) is 0 Å². The van der Waals surface area contributed by atoms with Crippen LogP contribution in [0.3, 0.4) is 0 Å². The Balaban J connectivity index is 2.40. The fourth-order valence-electron chi connectivity index (χ4n) is 1.71. The zero-order valence-corrected chi connectivity index (χ0v) is 13.9. The van der Waals surface area contributed by atoms with Gasteiger partial charge in [-0.2, -0.15) is 0 Å². The molecule has 7 heteroatoms. The van der Waals surface area contributed by atoms with Crippen LogP contribution in [0.15, 0.2) is 42.5 Å². The van der Waals surface area contributed by atoms with E-state index in [0.717, 1.165) is 5.69 Å². The van der Waals surface area contributed by atoms with E-state index in [-0.39, 0.29) is 0 Å². The van der Waals surface area contributed by atoms with Gasteiger partial charge in [0.25, 0.3) is 0 Å². The zero-order chi connectivity index (χ0) is 14.3. The van der Waals surface area contributed by atoms with E-state index in [1.54, 1.807) is 12.2 Å². The summed E-state index contributed by atoms with van der Waals surface area (Å²) in [6.45, 7) is 0. The lowest BCUT2D eigenvalue weighted by molar-refractivity contribution is 0.558. The molecule has 1 aromatic carbocycles. The minimum Gasteiger partial charge on any atom is -0.361 e. The standard InChI is InChI=1S/C12H9Cl6N/c13-9-6-7-10(14,12(17,18)11(9,15)16)19-8-4-2-1-3-5-8/h1-7,9,19H. The highest BCUT2D eigenvalue weighted by atomic mass is 35.5. The van der Waals surface area contributed by atoms with Crippen molar-refractivity contribution >= 4 is 75.3 Å². The molecular formula is C12H9Cl6N. The van der Waals surface area contributed by atoms with Crippen molar-refractivity contribution in [3.8, 4) is 0 Å². The Morgan fingerprint density at radius 3 is 2.11 bits per heavy atom. The van der Waals surface area contributed by atoms with Crippen LogP contribution in [-0.2, 0) is 0 Å². The molecule has 0 bridgehead atoms. The van der Waals surface area contributed by atoms with Gasteiger partial charge in [0.15, 0.2) is 13.7 Å². The third-order valence-electron chi connectivity index (χ3n) is 2.82. The summed E-state index contributed by atoms with van der Waals surface area (Å²) in [6.07, 6.45) is 3.12. The maximum absolute atomic E-state index is 6.46. The number of hydrogen-bond acceptors (Lipinski definition) is 1. The van der Waals surface area contributed by atoms with Crippen molar-refractivity contribution in [1.29, 1.82) is 0 Å². The van der Waals surface area contributed by atoms with Crippen molar-refractivity contribution in [2.24, 2.45) is 0 Å². The topological polar surface area (TPSA) is 12.0 Å². The van der Waals surface area contributed by atoms with E-state index < -0.39 is 19.0 Å². The first-order chi connectivity index (χ1) is 8.71.